The van der Waals surface area contributed by atoms with Crippen molar-refractivity contribution in [2.45, 2.75) is 0 Å². The van der Waals surface area contributed by atoms with Gasteiger partial charge in [0, 0.05) is 19.5 Å². The summed E-state index contributed by atoms with van der Waals surface area (Å²) in [5.41, 5.74) is 17.1. The largest absolute Gasteiger partial charge is 0.135 e. The molecule has 0 nitrogen and oxygen atoms in total. The van der Waals surface area contributed by atoms with Crippen LogP contribution >= 0.6 is 22.7 Å². The molecule has 2 aromatic heterocycles. The Morgan fingerprint density at radius 1 is 0.149 bits per heavy atom. The van der Waals surface area contributed by atoms with Crippen LogP contribution in [0.1, 0.15) is 0 Å². The SMILES string of the molecule is c1ccc(-c2cc(-c3ccccc3)cc(-c3c4ccccc4c(-c4c5ccccc5c(-c5cc(-c6ccc(-c7ccccc7)s6)cc(-c6ccc(-c7ccccc7)s6)c5)c5ccccc45)c4ccccc34)c2)cc1. The molecular formula is C72H46S2. The van der Waals surface area contributed by atoms with Crippen molar-refractivity contribution in [2.24, 2.45) is 0 Å². The minimum absolute atomic E-state index is 1.20. The van der Waals surface area contributed by atoms with Gasteiger partial charge in [-0.25, -0.2) is 0 Å². The monoisotopic (exact) mass is 974 g/mol. The number of rotatable bonds is 9. The number of hydrogen-bond donors (Lipinski definition) is 0. The smallest absolute Gasteiger partial charge is 0.0349 e. The molecule has 2 heteroatoms. The van der Waals surface area contributed by atoms with E-state index in [9.17, 15) is 0 Å². The number of thiophene rings is 2. The van der Waals surface area contributed by atoms with Gasteiger partial charge in [-0.05, 0) is 182 Å². The van der Waals surface area contributed by atoms with Crippen molar-refractivity contribution in [3.8, 4) is 97.4 Å². The van der Waals surface area contributed by atoms with Gasteiger partial charge in [0.2, 0.25) is 0 Å². The summed E-state index contributed by atoms with van der Waals surface area (Å²) in [6, 6.07) is 103. The summed E-state index contributed by atoms with van der Waals surface area (Å²) in [5.74, 6) is 0. The van der Waals surface area contributed by atoms with Gasteiger partial charge in [-0.1, -0.05) is 218 Å². The van der Waals surface area contributed by atoms with Crippen molar-refractivity contribution in [3.05, 3.63) is 279 Å². The summed E-state index contributed by atoms with van der Waals surface area (Å²) in [6.07, 6.45) is 0. The predicted molar refractivity (Wildman–Crippen MR) is 321 cm³/mol. The summed E-state index contributed by atoms with van der Waals surface area (Å²) in [7, 11) is 0. The molecule has 0 atom stereocenters. The third kappa shape index (κ3) is 7.75. The minimum Gasteiger partial charge on any atom is -0.135 e. The lowest BCUT2D eigenvalue weighted by Crippen LogP contribution is -1.95. The highest BCUT2D eigenvalue weighted by Crippen LogP contribution is 2.52. The lowest BCUT2D eigenvalue weighted by Gasteiger charge is -2.23. The van der Waals surface area contributed by atoms with Gasteiger partial charge in [-0.15, -0.1) is 22.7 Å². The van der Waals surface area contributed by atoms with Crippen molar-refractivity contribution in [2.75, 3.05) is 0 Å². The van der Waals surface area contributed by atoms with E-state index in [-0.39, 0.29) is 0 Å². The molecular weight excluding hydrogens is 929 g/mol. The topological polar surface area (TPSA) is 0 Å². The van der Waals surface area contributed by atoms with Crippen LogP contribution in [-0.2, 0) is 0 Å². The van der Waals surface area contributed by atoms with Crippen molar-refractivity contribution in [1.82, 2.24) is 0 Å². The van der Waals surface area contributed by atoms with E-state index < -0.39 is 0 Å². The standard InChI is InChI=1S/C72H46S2/c1-5-21-47(22-6-1)51-41-52(48-23-7-2-8-24-48)43-55(42-51)69-57-29-13-17-33-61(57)71(62-34-18-14-30-58(62)69)72-63-35-19-15-31-59(63)70(60-32-16-20-36-64(60)72)56-45-53(67-39-37-65(73-67)49-25-9-3-10-26-49)44-54(46-56)68-40-38-66(74-68)50-27-11-4-12-28-50/h1-46H. The number of benzene rings is 12. The van der Waals surface area contributed by atoms with Crippen LogP contribution in [0.2, 0.25) is 0 Å². The van der Waals surface area contributed by atoms with Crippen molar-refractivity contribution in [1.29, 1.82) is 0 Å². The third-order valence-electron chi connectivity index (χ3n) is 14.7. The molecule has 0 radical (unpaired) electrons. The molecule has 74 heavy (non-hydrogen) atoms. The molecule has 0 N–H and O–H groups in total. The van der Waals surface area contributed by atoms with E-state index in [1.54, 1.807) is 0 Å². The minimum atomic E-state index is 1.20. The quantitative estimate of drug-likeness (QED) is 0.126. The normalized spacial score (nSPS) is 11.5. The van der Waals surface area contributed by atoms with E-state index in [1.165, 1.54) is 140 Å². The lowest BCUT2D eigenvalue weighted by atomic mass is 9.80. The summed E-state index contributed by atoms with van der Waals surface area (Å²) in [5, 5.41) is 9.87. The Labute approximate surface area is 439 Å². The first-order valence-electron chi connectivity index (χ1n) is 25.3. The first kappa shape index (κ1) is 43.8. The van der Waals surface area contributed by atoms with Gasteiger partial charge < -0.3 is 0 Å². The Morgan fingerprint density at radius 2 is 0.365 bits per heavy atom. The molecule has 14 aromatic rings. The average molecular weight is 975 g/mol. The molecule has 346 valence electrons. The van der Waals surface area contributed by atoms with E-state index in [0.29, 0.717) is 0 Å². The van der Waals surface area contributed by atoms with Crippen molar-refractivity contribution >= 4 is 65.8 Å². The Kier molecular flexibility index (Phi) is 11.0. The van der Waals surface area contributed by atoms with Crippen molar-refractivity contribution < 1.29 is 0 Å². The maximum absolute atomic E-state index is 2.44. The van der Waals surface area contributed by atoms with Crippen LogP contribution in [0, 0.1) is 0 Å². The highest BCUT2D eigenvalue weighted by atomic mass is 32.1. The van der Waals surface area contributed by atoms with Gasteiger partial charge in [0.15, 0.2) is 0 Å². The molecule has 0 bridgehead atoms. The highest BCUT2D eigenvalue weighted by molar-refractivity contribution is 7.19. The number of hydrogen-bond acceptors (Lipinski definition) is 2. The third-order valence-corrected chi connectivity index (χ3v) is 17.0. The molecule has 0 saturated carbocycles. The van der Waals surface area contributed by atoms with E-state index >= 15 is 0 Å². The lowest BCUT2D eigenvalue weighted by molar-refractivity contribution is 1.58. The van der Waals surface area contributed by atoms with Gasteiger partial charge in [0.05, 0.1) is 0 Å². The molecule has 0 aliphatic carbocycles. The van der Waals surface area contributed by atoms with Crippen LogP contribution < -0.4 is 0 Å². The summed E-state index contributed by atoms with van der Waals surface area (Å²) in [6.45, 7) is 0. The molecule has 0 saturated heterocycles. The fourth-order valence-electron chi connectivity index (χ4n) is 11.3. The van der Waals surface area contributed by atoms with Gasteiger partial charge in [0.25, 0.3) is 0 Å². The number of fused-ring (bicyclic) bond motifs is 4. The molecule has 0 aliphatic rings. The molecule has 0 amide bonds. The molecule has 12 aromatic carbocycles. The molecule has 0 aliphatic heterocycles. The molecule has 0 spiro atoms. The Morgan fingerprint density at radius 3 is 0.676 bits per heavy atom. The Hall–Kier alpha value is -8.92. The van der Waals surface area contributed by atoms with Gasteiger partial charge in [-0.3, -0.25) is 0 Å². The first-order chi connectivity index (χ1) is 36.7. The predicted octanol–water partition coefficient (Wildman–Crippen LogP) is 21.4. The zero-order chi connectivity index (χ0) is 49.0. The maximum Gasteiger partial charge on any atom is 0.0349 e. The molecule has 0 fully saturated rings. The summed E-state index contributed by atoms with van der Waals surface area (Å²) in [4.78, 5) is 5.03. The van der Waals surface area contributed by atoms with E-state index in [0.717, 1.165) is 0 Å². The van der Waals surface area contributed by atoms with Crippen LogP contribution in [0.3, 0.4) is 0 Å². The Balaban J connectivity index is 1.02. The zero-order valence-electron chi connectivity index (χ0n) is 40.4. The molecule has 2 heterocycles. The van der Waals surface area contributed by atoms with Crippen molar-refractivity contribution in [3.63, 3.8) is 0 Å². The summed E-state index contributed by atoms with van der Waals surface area (Å²) < 4.78 is 0. The van der Waals surface area contributed by atoms with Crippen LogP contribution in [-0.4, -0.2) is 0 Å². The summed E-state index contributed by atoms with van der Waals surface area (Å²) >= 11 is 3.72. The van der Waals surface area contributed by atoms with Crippen LogP contribution in [0.4, 0.5) is 0 Å². The second kappa shape index (κ2) is 18.6. The fraction of sp³-hybridized carbons (Fsp3) is 0. The van der Waals surface area contributed by atoms with Crippen LogP contribution in [0.25, 0.3) is 140 Å². The van der Waals surface area contributed by atoms with E-state index in [4.69, 9.17) is 0 Å². The van der Waals surface area contributed by atoms with E-state index in [1.807, 2.05) is 22.7 Å². The van der Waals surface area contributed by atoms with Gasteiger partial charge in [0.1, 0.15) is 0 Å². The second-order valence-corrected chi connectivity index (χ2v) is 21.2. The van der Waals surface area contributed by atoms with Crippen LogP contribution in [0.5, 0.6) is 0 Å². The first-order valence-corrected chi connectivity index (χ1v) is 26.9. The Bertz CT molecular complexity index is 4120. The van der Waals surface area contributed by atoms with E-state index in [2.05, 4.69) is 279 Å². The molecule has 0 unspecified atom stereocenters. The van der Waals surface area contributed by atoms with Crippen LogP contribution in [0.15, 0.2) is 279 Å². The second-order valence-electron chi connectivity index (χ2n) is 19.1. The van der Waals surface area contributed by atoms with Gasteiger partial charge >= 0.3 is 0 Å². The maximum atomic E-state index is 2.44. The average Bonchev–Trinajstić information content (AvgIpc) is 4.21. The molecule has 14 rings (SSSR count). The fourth-order valence-corrected chi connectivity index (χ4v) is 13.3. The van der Waals surface area contributed by atoms with Gasteiger partial charge in [-0.2, -0.15) is 0 Å². The zero-order valence-corrected chi connectivity index (χ0v) is 42.0. The highest BCUT2D eigenvalue weighted by Gasteiger charge is 2.24.